The zero-order valence-corrected chi connectivity index (χ0v) is 17.5. The lowest BCUT2D eigenvalue weighted by molar-refractivity contribution is -0.137. The van der Waals surface area contributed by atoms with Crippen LogP contribution in [0.2, 0.25) is 0 Å². The van der Waals surface area contributed by atoms with Crippen LogP contribution in [0, 0.1) is 0 Å². The second-order valence-corrected chi connectivity index (χ2v) is 7.54. The van der Waals surface area contributed by atoms with Crippen molar-refractivity contribution in [1.82, 2.24) is 15.5 Å². The molecule has 3 rings (SSSR count). The molecule has 0 radical (unpaired) electrons. The van der Waals surface area contributed by atoms with Crippen molar-refractivity contribution in [2.75, 3.05) is 20.1 Å². The Labute approximate surface area is 180 Å². The van der Waals surface area contributed by atoms with Gasteiger partial charge in [-0.1, -0.05) is 36.4 Å². The Kier molecular flexibility index (Phi) is 7.55. The summed E-state index contributed by atoms with van der Waals surface area (Å²) in [4.78, 5) is 17.9. The summed E-state index contributed by atoms with van der Waals surface area (Å²) >= 11 is 0. The fourth-order valence-corrected chi connectivity index (χ4v) is 3.52. The molecular formula is C23H27F3N4O. The Balaban J connectivity index is 1.45. The Morgan fingerprint density at radius 1 is 1.06 bits per heavy atom. The van der Waals surface area contributed by atoms with Crippen LogP contribution in [-0.2, 0) is 30.5 Å². The quantitative estimate of drug-likeness (QED) is 0.518. The Hall–Kier alpha value is -3.03. The molecule has 1 heterocycles. The summed E-state index contributed by atoms with van der Waals surface area (Å²) in [6.07, 6.45) is -2.17. The van der Waals surface area contributed by atoms with Crippen LogP contribution in [-0.4, -0.2) is 36.9 Å². The molecule has 31 heavy (non-hydrogen) atoms. The lowest BCUT2D eigenvalue weighted by Crippen LogP contribution is -2.37. The minimum Gasteiger partial charge on any atom is -0.356 e. The van der Waals surface area contributed by atoms with Gasteiger partial charge in [-0.05, 0) is 41.7 Å². The highest BCUT2D eigenvalue weighted by Gasteiger charge is 2.29. The number of nitrogens with zero attached hydrogens (tertiary/aromatic N) is 2. The number of alkyl halides is 3. The third kappa shape index (κ3) is 6.73. The standard InChI is InChI=1S/C23H27F3N4O/c1-27-22(28-12-11-17-7-9-20(10-8-17)23(24,25)26)29-15-18-4-2-5-19(14-18)16-30-13-3-6-21(30)31/h2,4-5,7-10,14H,3,6,11-13,15-16H2,1H3,(H2,27,28,29). The third-order valence-electron chi connectivity index (χ3n) is 5.21. The minimum absolute atomic E-state index is 0.209. The molecule has 2 aromatic rings. The van der Waals surface area contributed by atoms with Gasteiger partial charge in [0.2, 0.25) is 5.91 Å². The number of hydrogen-bond acceptors (Lipinski definition) is 2. The molecule has 0 aromatic heterocycles. The Morgan fingerprint density at radius 2 is 1.81 bits per heavy atom. The highest BCUT2D eigenvalue weighted by atomic mass is 19.4. The molecular weight excluding hydrogens is 405 g/mol. The van der Waals surface area contributed by atoms with Crippen LogP contribution < -0.4 is 10.6 Å². The van der Waals surface area contributed by atoms with Crippen molar-refractivity contribution >= 4 is 11.9 Å². The lowest BCUT2D eigenvalue weighted by atomic mass is 10.1. The van der Waals surface area contributed by atoms with Crippen molar-refractivity contribution in [2.45, 2.75) is 38.5 Å². The predicted octanol–water partition coefficient (Wildman–Crippen LogP) is 3.74. The van der Waals surface area contributed by atoms with E-state index in [0.29, 0.717) is 38.4 Å². The zero-order chi connectivity index (χ0) is 22.3. The fraction of sp³-hybridized carbons (Fsp3) is 0.391. The van der Waals surface area contributed by atoms with E-state index in [1.807, 2.05) is 23.1 Å². The molecule has 1 saturated heterocycles. The van der Waals surface area contributed by atoms with E-state index in [9.17, 15) is 18.0 Å². The number of rotatable bonds is 7. The van der Waals surface area contributed by atoms with E-state index in [4.69, 9.17) is 0 Å². The molecule has 8 heteroatoms. The minimum atomic E-state index is -4.32. The number of benzene rings is 2. The first-order chi connectivity index (χ1) is 14.8. The molecule has 166 valence electrons. The van der Waals surface area contributed by atoms with Crippen molar-refractivity contribution in [3.63, 3.8) is 0 Å². The van der Waals surface area contributed by atoms with E-state index in [0.717, 1.165) is 41.8 Å². The van der Waals surface area contributed by atoms with Crippen LogP contribution in [0.1, 0.15) is 35.1 Å². The summed E-state index contributed by atoms with van der Waals surface area (Å²) in [5, 5.41) is 6.42. The largest absolute Gasteiger partial charge is 0.416 e. The molecule has 0 saturated carbocycles. The summed E-state index contributed by atoms with van der Waals surface area (Å²) in [5.74, 6) is 0.827. The first-order valence-corrected chi connectivity index (χ1v) is 10.3. The molecule has 1 amide bonds. The summed E-state index contributed by atoms with van der Waals surface area (Å²) in [6.45, 7) is 2.56. The summed E-state index contributed by atoms with van der Waals surface area (Å²) < 4.78 is 37.9. The van der Waals surface area contributed by atoms with Gasteiger partial charge in [0.1, 0.15) is 0 Å². The van der Waals surface area contributed by atoms with Crippen LogP contribution in [0.25, 0.3) is 0 Å². The van der Waals surface area contributed by atoms with Crippen LogP contribution >= 0.6 is 0 Å². The summed E-state index contributed by atoms with van der Waals surface area (Å²) in [5.41, 5.74) is 2.35. The molecule has 1 aliphatic heterocycles. The van der Waals surface area contributed by atoms with Crippen molar-refractivity contribution in [3.8, 4) is 0 Å². The van der Waals surface area contributed by atoms with Gasteiger partial charge in [-0.15, -0.1) is 0 Å². The smallest absolute Gasteiger partial charge is 0.356 e. The number of halogens is 3. The SMILES string of the molecule is CN=C(NCCc1ccc(C(F)(F)F)cc1)NCc1cccc(CN2CCCC2=O)c1. The first-order valence-electron chi connectivity index (χ1n) is 10.3. The number of aliphatic imine (C=N–C) groups is 1. The number of carbonyl (C=O) groups is 1. The van der Waals surface area contributed by atoms with Crippen LogP contribution in [0.3, 0.4) is 0 Å². The number of guanidine groups is 1. The summed E-state index contributed by atoms with van der Waals surface area (Å²) in [7, 11) is 1.67. The van der Waals surface area contributed by atoms with Crippen molar-refractivity contribution in [1.29, 1.82) is 0 Å². The van der Waals surface area contributed by atoms with Gasteiger partial charge in [0.25, 0.3) is 0 Å². The number of nitrogens with one attached hydrogen (secondary N) is 2. The molecule has 2 aromatic carbocycles. The second-order valence-electron chi connectivity index (χ2n) is 7.54. The van der Waals surface area contributed by atoms with Crippen LogP contribution in [0.5, 0.6) is 0 Å². The molecule has 5 nitrogen and oxygen atoms in total. The van der Waals surface area contributed by atoms with Gasteiger partial charge >= 0.3 is 6.18 Å². The van der Waals surface area contributed by atoms with E-state index in [1.165, 1.54) is 12.1 Å². The molecule has 0 unspecified atom stereocenters. The number of hydrogen-bond donors (Lipinski definition) is 2. The summed E-state index contributed by atoms with van der Waals surface area (Å²) in [6, 6.07) is 13.3. The van der Waals surface area contributed by atoms with E-state index >= 15 is 0 Å². The zero-order valence-electron chi connectivity index (χ0n) is 17.5. The predicted molar refractivity (Wildman–Crippen MR) is 114 cm³/mol. The first kappa shape index (κ1) is 22.7. The Morgan fingerprint density at radius 3 is 2.45 bits per heavy atom. The second kappa shape index (κ2) is 10.3. The number of carbonyl (C=O) groups excluding carboxylic acids is 1. The molecule has 0 spiro atoms. The van der Waals surface area contributed by atoms with Crippen LogP contribution in [0.4, 0.5) is 13.2 Å². The molecule has 1 aliphatic rings. The topological polar surface area (TPSA) is 56.7 Å². The average Bonchev–Trinajstić information content (AvgIpc) is 3.15. The molecule has 1 fully saturated rings. The van der Waals surface area contributed by atoms with Crippen molar-refractivity contribution in [3.05, 3.63) is 70.8 Å². The van der Waals surface area contributed by atoms with Crippen LogP contribution in [0.15, 0.2) is 53.5 Å². The molecule has 0 bridgehead atoms. The van der Waals surface area contributed by atoms with Gasteiger partial charge in [0.15, 0.2) is 5.96 Å². The molecule has 2 N–H and O–H groups in total. The van der Waals surface area contributed by atoms with Gasteiger partial charge in [0, 0.05) is 39.6 Å². The van der Waals surface area contributed by atoms with E-state index in [1.54, 1.807) is 7.05 Å². The fourth-order valence-electron chi connectivity index (χ4n) is 3.52. The van der Waals surface area contributed by atoms with Gasteiger partial charge in [0.05, 0.1) is 5.56 Å². The monoisotopic (exact) mass is 432 g/mol. The van der Waals surface area contributed by atoms with Crippen molar-refractivity contribution < 1.29 is 18.0 Å². The number of likely N-dealkylation sites (tertiary alicyclic amines) is 1. The van der Waals surface area contributed by atoms with Gasteiger partial charge in [-0.25, -0.2) is 0 Å². The third-order valence-corrected chi connectivity index (χ3v) is 5.21. The maximum absolute atomic E-state index is 12.6. The maximum Gasteiger partial charge on any atom is 0.416 e. The van der Waals surface area contributed by atoms with Gasteiger partial charge in [-0.2, -0.15) is 13.2 Å². The van der Waals surface area contributed by atoms with Crippen molar-refractivity contribution in [2.24, 2.45) is 4.99 Å². The average molecular weight is 432 g/mol. The van der Waals surface area contributed by atoms with Gasteiger partial charge in [-0.3, -0.25) is 9.79 Å². The van der Waals surface area contributed by atoms with E-state index < -0.39 is 11.7 Å². The van der Waals surface area contributed by atoms with E-state index in [2.05, 4.69) is 21.7 Å². The highest BCUT2D eigenvalue weighted by molar-refractivity contribution is 5.79. The lowest BCUT2D eigenvalue weighted by Gasteiger charge is -2.16. The normalized spacial score (nSPS) is 14.8. The maximum atomic E-state index is 12.6. The van der Waals surface area contributed by atoms with Gasteiger partial charge < -0.3 is 15.5 Å². The number of amides is 1. The molecule has 0 atom stereocenters. The molecule has 0 aliphatic carbocycles. The highest BCUT2D eigenvalue weighted by Crippen LogP contribution is 2.29. The Bertz CT molecular complexity index is 910. The van der Waals surface area contributed by atoms with E-state index in [-0.39, 0.29) is 5.91 Å².